The van der Waals surface area contributed by atoms with Gasteiger partial charge in [0.25, 0.3) is 10.0 Å². The summed E-state index contributed by atoms with van der Waals surface area (Å²) in [6, 6.07) is 6.45. The number of thiazole rings is 1. The van der Waals surface area contributed by atoms with Gasteiger partial charge in [0.05, 0.1) is 11.2 Å². The Morgan fingerprint density at radius 2 is 2.22 bits per heavy atom. The van der Waals surface area contributed by atoms with Crippen molar-refractivity contribution in [3.8, 4) is 5.75 Å². The third-order valence-corrected chi connectivity index (χ3v) is 5.02. The highest BCUT2D eigenvalue weighted by atomic mass is 32.2. The fourth-order valence-corrected chi connectivity index (χ4v) is 3.55. The predicted octanol–water partition coefficient (Wildman–Crippen LogP) is 1.64. The molecule has 0 bridgehead atoms. The summed E-state index contributed by atoms with van der Waals surface area (Å²) in [6.45, 7) is 1.88. The first-order valence-corrected chi connectivity index (χ1v) is 7.47. The Hall–Kier alpha value is -1.44. The highest BCUT2D eigenvalue weighted by Gasteiger charge is 2.16. The lowest BCUT2D eigenvalue weighted by molar-refractivity contribution is 0.474. The number of aromatic hydroxyl groups is 1. The first-order valence-electron chi connectivity index (χ1n) is 5.17. The second-order valence-electron chi connectivity index (χ2n) is 3.69. The monoisotopic (exact) mass is 284 g/mol. The minimum atomic E-state index is -3.53. The molecular weight excluding hydrogens is 272 g/mol. The van der Waals surface area contributed by atoms with Gasteiger partial charge in [0.1, 0.15) is 5.75 Å². The molecule has 7 heteroatoms. The first-order chi connectivity index (χ1) is 8.47. The van der Waals surface area contributed by atoms with Crippen molar-refractivity contribution >= 4 is 21.4 Å². The van der Waals surface area contributed by atoms with Gasteiger partial charge in [-0.25, -0.2) is 18.1 Å². The molecule has 5 nitrogen and oxygen atoms in total. The van der Waals surface area contributed by atoms with Gasteiger partial charge in [0.2, 0.25) is 0 Å². The zero-order valence-corrected chi connectivity index (χ0v) is 11.3. The molecule has 0 unspecified atom stereocenters. The lowest BCUT2D eigenvalue weighted by Crippen LogP contribution is -2.22. The molecule has 2 aromatic rings. The van der Waals surface area contributed by atoms with E-state index in [1.807, 2.05) is 0 Å². The first kappa shape index (κ1) is 13.0. The molecule has 0 aliphatic heterocycles. The van der Waals surface area contributed by atoms with E-state index >= 15 is 0 Å². The van der Waals surface area contributed by atoms with Gasteiger partial charge < -0.3 is 5.11 Å². The van der Waals surface area contributed by atoms with Crippen LogP contribution < -0.4 is 4.72 Å². The van der Waals surface area contributed by atoms with Crippen LogP contribution >= 0.6 is 11.3 Å². The van der Waals surface area contributed by atoms with Crippen molar-refractivity contribution in [2.75, 3.05) is 0 Å². The normalized spacial score (nSPS) is 11.6. The molecule has 0 aliphatic carbocycles. The van der Waals surface area contributed by atoms with E-state index in [2.05, 4.69) is 9.71 Å². The average molecular weight is 284 g/mol. The largest absolute Gasteiger partial charge is 0.508 e. The molecule has 0 spiro atoms. The van der Waals surface area contributed by atoms with Crippen LogP contribution in [0.1, 0.15) is 10.6 Å². The number of nitrogens with one attached hydrogen (secondary N) is 1. The average Bonchev–Trinajstić information content (AvgIpc) is 2.74. The Balaban J connectivity index is 2.10. The predicted molar refractivity (Wildman–Crippen MR) is 69.0 cm³/mol. The summed E-state index contributed by atoms with van der Waals surface area (Å²) in [5.41, 5.74) is 0.694. The number of hydrogen-bond acceptors (Lipinski definition) is 5. The Morgan fingerprint density at radius 1 is 1.44 bits per heavy atom. The van der Waals surface area contributed by atoms with Gasteiger partial charge in [-0.2, -0.15) is 0 Å². The summed E-state index contributed by atoms with van der Waals surface area (Å²) in [7, 11) is -3.53. The molecule has 0 radical (unpaired) electrons. The van der Waals surface area contributed by atoms with Crippen molar-refractivity contribution in [2.45, 2.75) is 17.7 Å². The molecule has 96 valence electrons. The Kier molecular flexibility index (Phi) is 3.65. The molecule has 0 atom stereocenters. The van der Waals surface area contributed by atoms with Crippen molar-refractivity contribution < 1.29 is 13.5 Å². The second-order valence-corrected chi connectivity index (χ2v) is 6.92. The number of benzene rings is 1. The molecule has 1 heterocycles. The van der Waals surface area contributed by atoms with Gasteiger partial charge in [0.15, 0.2) is 4.21 Å². The highest BCUT2D eigenvalue weighted by molar-refractivity contribution is 7.91. The van der Waals surface area contributed by atoms with Gasteiger partial charge in [-0.05, 0) is 24.6 Å². The van der Waals surface area contributed by atoms with Crippen LogP contribution in [0.5, 0.6) is 5.75 Å². The molecule has 1 aromatic carbocycles. The van der Waals surface area contributed by atoms with Crippen LogP contribution in [-0.4, -0.2) is 18.5 Å². The maximum atomic E-state index is 11.9. The SMILES string of the molecule is Cc1ncc(S(=O)(=O)NCc2cccc(O)c2)s1. The minimum Gasteiger partial charge on any atom is -0.508 e. The Bertz CT molecular complexity index is 650. The van der Waals surface area contributed by atoms with E-state index in [-0.39, 0.29) is 16.5 Å². The van der Waals surface area contributed by atoms with E-state index in [4.69, 9.17) is 0 Å². The topological polar surface area (TPSA) is 79.3 Å². The van der Waals surface area contributed by atoms with Crippen molar-refractivity contribution in [2.24, 2.45) is 0 Å². The van der Waals surface area contributed by atoms with Gasteiger partial charge in [0, 0.05) is 6.54 Å². The fraction of sp³-hybridized carbons (Fsp3) is 0.182. The number of sulfonamides is 1. The van der Waals surface area contributed by atoms with Gasteiger partial charge >= 0.3 is 0 Å². The van der Waals surface area contributed by atoms with Crippen LogP contribution in [0.4, 0.5) is 0 Å². The Labute approximate surface area is 109 Å². The molecule has 2 N–H and O–H groups in total. The minimum absolute atomic E-state index is 0.111. The van der Waals surface area contributed by atoms with E-state index in [1.54, 1.807) is 19.1 Å². The van der Waals surface area contributed by atoms with Gasteiger partial charge in [-0.1, -0.05) is 12.1 Å². The molecule has 18 heavy (non-hydrogen) atoms. The summed E-state index contributed by atoms with van der Waals surface area (Å²) in [6.07, 6.45) is 1.34. The molecule has 0 saturated carbocycles. The summed E-state index contributed by atoms with van der Waals surface area (Å²) >= 11 is 1.12. The maximum Gasteiger partial charge on any atom is 0.251 e. The van der Waals surface area contributed by atoms with Crippen LogP contribution in [0.25, 0.3) is 0 Å². The molecule has 0 saturated heterocycles. The number of phenols is 1. The van der Waals surface area contributed by atoms with Crippen molar-refractivity contribution in [3.63, 3.8) is 0 Å². The number of nitrogens with zero attached hydrogens (tertiary/aromatic N) is 1. The van der Waals surface area contributed by atoms with Crippen molar-refractivity contribution in [1.82, 2.24) is 9.71 Å². The summed E-state index contributed by atoms with van der Waals surface area (Å²) in [5.74, 6) is 0.111. The van der Waals surface area contributed by atoms with Crippen molar-refractivity contribution in [1.29, 1.82) is 0 Å². The molecule has 1 aromatic heterocycles. The summed E-state index contributed by atoms with van der Waals surface area (Å²) < 4.78 is 26.5. The van der Waals surface area contributed by atoms with E-state index in [9.17, 15) is 13.5 Å². The molecule has 0 aliphatic rings. The van der Waals surface area contributed by atoms with E-state index in [1.165, 1.54) is 18.3 Å². The number of rotatable bonds is 4. The number of aryl methyl sites for hydroxylation is 1. The zero-order chi connectivity index (χ0) is 13.2. The smallest absolute Gasteiger partial charge is 0.251 e. The van der Waals surface area contributed by atoms with Crippen LogP contribution in [0.3, 0.4) is 0 Å². The van der Waals surface area contributed by atoms with Crippen LogP contribution in [0.15, 0.2) is 34.7 Å². The third kappa shape index (κ3) is 3.06. The molecular formula is C11H12N2O3S2. The standard InChI is InChI=1S/C11H12N2O3S2/c1-8-12-7-11(17-8)18(15,16)13-6-9-3-2-4-10(14)5-9/h2-5,7,13-14H,6H2,1H3. The van der Waals surface area contributed by atoms with Gasteiger partial charge in [-0.3, -0.25) is 0 Å². The van der Waals surface area contributed by atoms with Gasteiger partial charge in [-0.15, -0.1) is 11.3 Å². The van der Waals surface area contributed by atoms with Crippen LogP contribution in [0, 0.1) is 6.92 Å². The number of phenolic OH excluding ortho intramolecular Hbond substituents is 1. The summed E-state index contributed by atoms with van der Waals surface area (Å²) in [5, 5.41) is 9.98. The van der Waals surface area contributed by atoms with Crippen LogP contribution in [-0.2, 0) is 16.6 Å². The number of aromatic nitrogens is 1. The number of hydrogen-bond donors (Lipinski definition) is 2. The van der Waals surface area contributed by atoms with E-state index < -0.39 is 10.0 Å². The zero-order valence-electron chi connectivity index (χ0n) is 9.62. The Morgan fingerprint density at radius 3 is 2.83 bits per heavy atom. The van der Waals surface area contributed by atoms with Crippen LogP contribution in [0.2, 0.25) is 0 Å². The fourth-order valence-electron chi connectivity index (χ4n) is 1.38. The van der Waals surface area contributed by atoms with E-state index in [0.29, 0.717) is 10.6 Å². The van der Waals surface area contributed by atoms with Crippen molar-refractivity contribution in [3.05, 3.63) is 41.0 Å². The molecule has 0 amide bonds. The van der Waals surface area contributed by atoms with E-state index in [0.717, 1.165) is 11.3 Å². The summed E-state index contributed by atoms with van der Waals surface area (Å²) in [4.78, 5) is 3.91. The second kappa shape index (κ2) is 5.05. The quantitative estimate of drug-likeness (QED) is 0.894. The lowest BCUT2D eigenvalue weighted by atomic mass is 10.2. The third-order valence-electron chi connectivity index (χ3n) is 2.24. The highest BCUT2D eigenvalue weighted by Crippen LogP contribution is 2.18. The molecule has 2 rings (SSSR count). The maximum absolute atomic E-state index is 11.9. The lowest BCUT2D eigenvalue weighted by Gasteiger charge is -2.04. The molecule has 0 fully saturated rings.